The van der Waals surface area contributed by atoms with Gasteiger partial charge in [-0.2, -0.15) is 13.9 Å². The van der Waals surface area contributed by atoms with Gasteiger partial charge in [0.25, 0.3) is 5.91 Å². The predicted octanol–water partition coefficient (Wildman–Crippen LogP) is 4.95. The highest BCUT2D eigenvalue weighted by Crippen LogP contribution is 2.36. The third-order valence-electron chi connectivity index (χ3n) is 4.79. The summed E-state index contributed by atoms with van der Waals surface area (Å²) in [4.78, 5) is 27.3. The lowest BCUT2D eigenvalue weighted by Gasteiger charge is -2.20. The van der Waals surface area contributed by atoms with Crippen LogP contribution in [-0.2, 0) is 9.53 Å². The van der Waals surface area contributed by atoms with E-state index in [2.05, 4.69) is 9.84 Å². The number of nitrogens with zero attached hydrogens (tertiary/aromatic N) is 2. The minimum atomic E-state index is -3.04. The molecule has 2 aromatic heterocycles. The Morgan fingerprint density at radius 3 is 2.61 bits per heavy atom. The first-order chi connectivity index (χ1) is 16.0. The molecule has 0 aliphatic carbocycles. The summed E-state index contributed by atoms with van der Waals surface area (Å²) in [7, 11) is 1.26. The minimum Gasteiger partial charge on any atom is -0.493 e. The van der Waals surface area contributed by atoms with E-state index >= 15 is 0 Å². The Morgan fingerprint density at radius 1 is 1.15 bits per heavy atom. The van der Waals surface area contributed by atoms with Crippen LogP contribution in [0.25, 0.3) is 0 Å². The average molecular weight is 493 g/mol. The van der Waals surface area contributed by atoms with Gasteiger partial charge in [-0.3, -0.25) is 4.79 Å². The number of rotatable bonds is 8. The van der Waals surface area contributed by atoms with Crippen LogP contribution >= 0.6 is 22.7 Å². The summed E-state index contributed by atoms with van der Waals surface area (Å²) in [5.74, 6) is -1.55. The quantitative estimate of drug-likeness (QED) is 0.416. The fraction of sp³-hybridized carbons (Fsp3) is 0.227. The van der Waals surface area contributed by atoms with E-state index < -0.39 is 25.1 Å². The molecule has 1 aromatic carbocycles. The van der Waals surface area contributed by atoms with Crippen LogP contribution in [0.15, 0.2) is 58.3 Å². The summed E-state index contributed by atoms with van der Waals surface area (Å²) in [6.07, 6.45) is 0.559. The maximum Gasteiger partial charge on any atom is 0.387 e. The van der Waals surface area contributed by atoms with Gasteiger partial charge < -0.3 is 14.2 Å². The Labute approximate surface area is 195 Å². The van der Waals surface area contributed by atoms with E-state index in [-0.39, 0.29) is 23.1 Å². The first-order valence-electron chi connectivity index (χ1n) is 9.73. The Morgan fingerprint density at radius 2 is 1.94 bits per heavy atom. The number of amides is 1. The smallest absolute Gasteiger partial charge is 0.387 e. The molecule has 3 heterocycles. The van der Waals surface area contributed by atoms with Gasteiger partial charge in [0, 0.05) is 11.3 Å². The number of hydrogen-bond acceptors (Lipinski definition) is 8. The topological polar surface area (TPSA) is 77.4 Å². The molecule has 0 bridgehead atoms. The predicted molar refractivity (Wildman–Crippen MR) is 119 cm³/mol. The second kappa shape index (κ2) is 10.1. The molecule has 0 radical (unpaired) electrons. The summed E-state index contributed by atoms with van der Waals surface area (Å²) < 4.78 is 39.5. The third-order valence-corrected chi connectivity index (χ3v) is 6.68. The molecule has 172 valence electrons. The van der Waals surface area contributed by atoms with Crippen molar-refractivity contribution in [1.82, 2.24) is 5.01 Å². The maximum absolute atomic E-state index is 12.9. The molecule has 1 amide bonds. The Balaban J connectivity index is 1.46. The second-order valence-electron chi connectivity index (χ2n) is 6.82. The minimum absolute atomic E-state index is 0.0280. The lowest BCUT2D eigenvalue weighted by atomic mass is 10.1. The molecular weight excluding hydrogens is 474 g/mol. The molecule has 0 saturated heterocycles. The molecule has 0 N–H and O–H groups in total. The number of thiophene rings is 2. The van der Waals surface area contributed by atoms with E-state index in [1.54, 1.807) is 0 Å². The van der Waals surface area contributed by atoms with Gasteiger partial charge >= 0.3 is 12.6 Å². The Bertz CT molecular complexity index is 1150. The number of hydrogen-bond donors (Lipinski definition) is 0. The van der Waals surface area contributed by atoms with E-state index in [0.29, 0.717) is 6.42 Å². The van der Waals surface area contributed by atoms with Crippen LogP contribution in [0.1, 0.15) is 32.6 Å². The molecular formula is C22H18F2N2O5S2. The molecule has 1 aliphatic rings. The summed E-state index contributed by atoms with van der Waals surface area (Å²) >= 11 is 3.06. The number of carbonyl (C=O) groups excluding carboxylic acids is 2. The average Bonchev–Trinajstić information content (AvgIpc) is 3.57. The zero-order valence-electron chi connectivity index (χ0n) is 17.3. The summed E-state index contributed by atoms with van der Waals surface area (Å²) in [6, 6.07) is 11.1. The van der Waals surface area contributed by atoms with Crippen LogP contribution in [0.2, 0.25) is 0 Å². The number of hydrazone groups is 1. The number of benzene rings is 1. The van der Waals surface area contributed by atoms with E-state index in [1.165, 1.54) is 53.0 Å². The molecule has 0 spiro atoms. The maximum atomic E-state index is 12.9. The SMILES string of the molecule is COc1cc(C(=O)OCC(=O)N2N=C(c3cccs3)CC2c2cccs2)ccc1OC(F)F. The van der Waals surface area contributed by atoms with Crippen molar-refractivity contribution in [2.45, 2.75) is 19.1 Å². The van der Waals surface area contributed by atoms with Crippen LogP contribution in [0.5, 0.6) is 11.5 Å². The van der Waals surface area contributed by atoms with Crippen molar-refractivity contribution < 1.29 is 32.6 Å². The van der Waals surface area contributed by atoms with Gasteiger partial charge in [-0.1, -0.05) is 12.1 Å². The van der Waals surface area contributed by atoms with Crippen LogP contribution in [-0.4, -0.2) is 42.9 Å². The lowest BCUT2D eigenvalue weighted by molar-refractivity contribution is -0.136. The van der Waals surface area contributed by atoms with Crippen molar-refractivity contribution in [2.24, 2.45) is 5.10 Å². The van der Waals surface area contributed by atoms with Crippen molar-refractivity contribution >= 4 is 40.3 Å². The Kier molecular flexibility index (Phi) is 6.99. The fourth-order valence-electron chi connectivity index (χ4n) is 3.30. The highest BCUT2D eigenvalue weighted by Gasteiger charge is 2.34. The summed E-state index contributed by atoms with van der Waals surface area (Å²) in [6.45, 7) is -3.56. The highest BCUT2D eigenvalue weighted by atomic mass is 32.1. The monoisotopic (exact) mass is 492 g/mol. The van der Waals surface area contributed by atoms with Crippen molar-refractivity contribution in [1.29, 1.82) is 0 Å². The van der Waals surface area contributed by atoms with Gasteiger partial charge in [-0.05, 0) is 41.1 Å². The first-order valence-corrected chi connectivity index (χ1v) is 11.5. The standard InChI is InChI=1S/C22H18F2N2O5S2/c1-29-17-10-13(6-7-16(17)31-22(23)24)21(28)30-12-20(27)26-15(19-5-3-9-33-19)11-14(25-26)18-4-2-8-32-18/h2-10,15,22H,11-12H2,1H3. The molecule has 1 unspecified atom stereocenters. The normalized spacial score (nSPS) is 15.5. The molecule has 0 fully saturated rings. The van der Waals surface area contributed by atoms with E-state index in [4.69, 9.17) is 9.47 Å². The fourth-order valence-corrected chi connectivity index (χ4v) is 4.83. The van der Waals surface area contributed by atoms with Gasteiger partial charge in [-0.25, -0.2) is 9.80 Å². The summed E-state index contributed by atoms with van der Waals surface area (Å²) in [5.41, 5.74) is 0.822. The molecule has 11 heteroatoms. The Hall–Kier alpha value is -3.31. The highest BCUT2D eigenvalue weighted by molar-refractivity contribution is 7.12. The van der Waals surface area contributed by atoms with E-state index in [1.807, 2.05) is 35.0 Å². The molecule has 33 heavy (non-hydrogen) atoms. The number of carbonyl (C=O) groups is 2. The number of esters is 1. The van der Waals surface area contributed by atoms with Crippen molar-refractivity contribution in [3.05, 3.63) is 68.5 Å². The molecule has 3 aromatic rings. The number of methoxy groups -OCH3 is 1. The van der Waals surface area contributed by atoms with Crippen LogP contribution in [0, 0.1) is 0 Å². The van der Waals surface area contributed by atoms with Crippen molar-refractivity contribution in [3.8, 4) is 11.5 Å². The molecule has 7 nitrogen and oxygen atoms in total. The van der Waals surface area contributed by atoms with Gasteiger partial charge in [0.15, 0.2) is 18.1 Å². The van der Waals surface area contributed by atoms with Gasteiger partial charge in [0.2, 0.25) is 0 Å². The molecule has 1 atom stereocenters. The zero-order chi connectivity index (χ0) is 23.4. The molecule has 0 saturated carbocycles. The van der Waals surface area contributed by atoms with Crippen LogP contribution in [0.4, 0.5) is 8.78 Å². The molecule has 4 rings (SSSR count). The van der Waals surface area contributed by atoms with E-state index in [9.17, 15) is 18.4 Å². The zero-order valence-corrected chi connectivity index (χ0v) is 18.9. The van der Waals surface area contributed by atoms with Gasteiger partial charge in [0.05, 0.1) is 29.3 Å². The third kappa shape index (κ3) is 5.20. The number of ether oxygens (including phenoxy) is 3. The first kappa shape index (κ1) is 22.9. The molecule has 1 aliphatic heterocycles. The van der Waals surface area contributed by atoms with Crippen LogP contribution < -0.4 is 9.47 Å². The lowest BCUT2D eigenvalue weighted by Crippen LogP contribution is -2.31. The summed E-state index contributed by atoms with van der Waals surface area (Å²) in [5, 5.41) is 9.73. The number of halogens is 2. The van der Waals surface area contributed by atoms with Crippen molar-refractivity contribution in [3.63, 3.8) is 0 Å². The van der Waals surface area contributed by atoms with E-state index in [0.717, 1.165) is 15.5 Å². The largest absolute Gasteiger partial charge is 0.493 e. The number of alkyl halides is 2. The van der Waals surface area contributed by atoms with Crippen molar-refractivity contribution in [2.75, 3.05) is 13.7 Å². The van der Waals surface area contributed by atoms with Gasteiger partial charge in [0.1, 0.15) is 0 Å². The van der Waals surface area contributed by atoms with Gasteiger partial charge in [-0.15, -0.1) is 22.7 Å². The van der Waals surface area contributed by atoms with Crippen LogP contribution in [0.3, 0.4) is 0 Å². The second-order valence-corrected chi connectivity index (χ2v) is 8.74.